The molecule has 100 valence electrons. The van der Waals surface area contributed by atoms with Crippen molar-refractivity contribution in [3.05, 3.63) is 29.3 Å². The Bertz CT molecular complexity index is 402. The van der Waals surface area contributed by atoms with Crippen molar-refractivity contribution in [3.8, 4) is 5.75 Å². The molecule has 1 atom stereocenters. The van der Waals surface area contributed by atoms with Crippen molar-refractivity contribution in [3.63, 3.8) is 0 Å². The van der Waals surface area contributed by atoms with Gasteiger partial charge < -0.3 is 15.2 Å². The minimum Gasteiger partial charge on any atom is -0.493 e. The van der Waals surface area contributed by atoms with E-state index < -0.39 is 6.10 Å². The lowest BCUT2D eigenvalue weighted by Crippen LogP contribution is -2.31. The van der Waals surface area contributed by atoms with Crippen molar-refractivity contribution in [2.45, 2.75) is 33.3 Å². The lowest BCUT2D eigenvalue weighted by Gasteiger charge is -2.10. The second kappa shape index (κ2) is 7.01. The lowest BCUT2D eigenvalue weighted by molar-refractivity contribution is -0.122. The lowest BCUT2D eigenvalue weighted by atomic mass is 10.1. The largest absolute Gasteiger partial charge is 0.493 e. The van der Waals surface area contributed by atoms with E-state index in [1.54, 1.807) is 6.92 Å². The van der Waals surface area contributed by atoms with Gasteiger partial charge >= 0.3 is 0 Å². The summed E-state index contributed by atoms with van der Waals surface area (Å²) in [5.74, 6) is 0.699. The quantitative estimate of drug-likeness (QED) is 0.807. The number of benzene rings is 1. The van der Waals surface area contributed by atoms with Gasteiger partial charge in [-0.25, -0.2) is 0 Å². The number of ether oxygens (including phenoxy) is 1. The molecule has 2 N–H and O–H groups in total. The highest BCUT2D eigenvalue weighted by atomic mass is 16.5. The van der Waals surface area contributed by atoms with E-state index in [2.05, 4.69) is 5.32 Å². The van der Waals surface area contributed by atoms with Gasteiger partial charge in [-0.1, -0.05) is 17.7 Å². The van der Waals surface area contributed by atoms with Crippen molar-refractivity contribution in [1.82, 2.24) is 5.32 Å². The molecule has 0 aliphatic carbocycles. The summed E-state index contributed by atoms with van der Waals surface area (Å²) in [6, 6.07) is 5.94. The molecule has 1 aromatic rings. The molecular formula is C14H21NO3. The standard InChI is InChI=1S/C14H21NO3/c1-10-4-5-13(11(2)8-10)18-7-6-14(17)15-9-12(3)16/h4-5,8,12,16H,6-7,9H2,1-3H3,(H,15,17)/t12-/m0/s1. The molecule has 0 aliphatic rings. The van der Waals surface area contributed by atoms with Gasteiger partial charge in [0.05, 0.1) is 19.1 Å². The van der Waals surface area contributed by atoms with E-state index in [9.17, 15) is 4.79 Å². The zero-order valence-electron chi connectivity index (χ0n) is 11.2. The second-order valence-electron chi connectivity index (χ2n) is 4.52. The molecule has 18 heavy (non-hydrogen) atoms. The van der Waals surface area contributed by atoms with Crippen molar-refractivity contribution < 1.29 is 14.6 Å². The SMILES string of the molecule is Cc1ccc(OCCC(=O)NC[C@H](C)O)c(C)c1. The third-order valence-electron chi connectivity index (χ3n) is 2.51. The van der Waals surface area contributed by atoms with Gasteiger partial charge in [-0.3, -0.25) is 4.79 Å². The first-order valence-corrected chi connectivity index (χ1v) is 6.14. The minimum absolute atomic E-state index is 0.110. The summed E-state index contributed by atoms with van der Waals surface area (Å²) in [6.45, 7) is 6.26. The maximum atomic E-state index is 11.4. The third kappa shape index (κ3) is 5.19. The number of hydrogen-bond acceptors (Lipinski definition) is 3. The molecule has 1 amide bonds. The summed E-state index contributed by atoms with van der Waals surface area (Å²) in [7, 11) is 0. The topological polar surface area (TPSA) is 58.6 Å². The summed E-state index contributed by atoms with van der Waals surface area (Å²) in [5.41, 5.74) is 2.26. The van der Waals surface area contributed by atoms with Crippen LogP contribution in [0.3, 0.4) is 0 Å². The van der Waals surface area contributed by atoms with E-state index in [4.69, 9.17) is 9.84 Å². The zero-order chi connectivity index (χ0) is 13.5. The van der Waals surface area contributed by atoms with Crippen LogP contribution in [-0.4, -0.2) is 30.3 Å². The Morgan fingerprint density at radius 1 is 1.44 bits per heavy atom. The van der Waals surface area contributed by atoms with E-state index in [1.807, 2.05) is 32.0 Å². The molecule has 0 spiro atoms. The van der Waals surface area contributed by atoms with E-state index in [-0.39, 0.29) is 12.5 Å². The molecule has 0 aromatic heterocycles. The van der Waals surface area contributed by atoms with Crippen LogP contribution in [0.2, 0.25) is 0 Å². The monoisotopic (exact) mass is 251 g/mol. The van der Waals surface area contributed by atoms with Crippen LogP contribution in [0.5, 0.6) is 5.75 Å². The van der Waals surface area contributed by atoms with Crippen molar-refractivity contribution in [2.24, 2.45) is 0 Å². The molecule has 1 rings (SSSR count). The molecule has 4 nitrogen and oxygen atoms in total. The van der Waals surface area contributed by atoms with Crippen molar-refractivity contribution in [2.75, 3.05) is 13.2 Å². The molecule has 0 aliphatic heterocycles. The average molecular weight is 251 g/mol. The van der Waals surface area contributed by atoms with Crippen LogP contribution in [0.15, 0.2) is 18.2 Å². The summed E-state index contributed by atoms with van der Waals surface area (Å²) < 4.78 is 5.55. The first-order chi connectivity index (χ1) is 8.49. The summed E-state index contributed by atoms with van der Waals surface area (Å²) in [6.07, 6.45) is -0.228. The molecule has 0 saturated heterocycles. The van der Waals surface area contributed by atoms with Gasteiger partial charge in [0.25, 0.3) is 0 Å². The maximum Gasteiger partial charge on any atom is 0.223 e. The van der Waals surface area contributed by atoms with Crippen LogP contribution in [0.4, 0.5) is 0 Å². The fourth-order valence-corrected chi connectivity index (χ4v) is 1.56. The van der Waals surface area contributed by atoms with Gasteiger partial charge in [0, 0.05) is 6.54 Å². The van der Waals surface area contributed by atoms with E-state index in [0.717, 1.165) is 11.3 Å². The normalized spacial score (nSPS) is 12.0. The molecule has 1 aromatic carbocycles. The van der Waals surface area contributed by atoms with Gasteiger partial charge in [-0.15, -0.1) is 0 Å². The predicted octanol–water partition coefficient (Wildman–Crippen LogP) is 1.57. The van der Waals surface area contributed by atoms with Crippen LogP contribution in [0, 0.1) is 13.8 Å². The molecule has 0 bridgehead atoms. The Morgan fingerprint density at radius 3 is 2.78 bits per heavy atom. The Morgan fingerprint density at radius 2 is 2.17 bits per heavy atom. The molecule has 0 unspecified atom stereocenters. The van der Waals surface area contributed by atoms with Gasteiger partial charge in [0.2, 0.25) is 5.91 Å². The fraction of sp³-hybridized carbons (Fsp3) is 0.500. The molecular weight excluding hydrogens is 230 g/mol. The summed E-state index contributed by atoms with van der Waals surface area (Å²) in [5, 5.41) is 11.6. The molecule has 0 radical (unpaired) electrons. The Labute approximate surface area is 108 Å². The summed E-state index contributed by atoms with van der Waals surface area (Å²) in [4.78, 5) is 11.4. The van der Waals surface area contributed by atoms with E-state index >= 15 is 0 Å². The number of amides is 1. The van der Waals surface area contributed by atoms with E-state index in [0.29, 0.717) is 13.0 Å². The summed E-state index contributed by atoms with van der Waals surface area (Å²) >= 11 is 0. The maximum absolute atomic E-state index is 11.4. The number of rotatable bonds is 6. The third-order valence-corrected chi connectivity index (χ3v) is 2.51. The highest BCUT2D eigenvalue weighted by molar-refractivity contribution is 5.76. The van der Waals surface area contributed by atoms with Gasteiger partial charge in [0.15, 0.2) is 0 Å². The van der Waals surface area contributed by atoms with Crippen molar-refractivity contribution in [1.29, 1.82) is 0 Å². The molecule has 0 heterocycles. The number of carbonyl (C=O) groups is 1. The highest BCUT2D eigenvalue weighted by Gasteiger charge is 2.04. The Balaban J connectivity index is 2.31. The van der Waals surface area contributed by atoms with Crippen LogP contribution < -0.4 is 10.1 Å². The molecule has 0 saturated carbocycles. The smallest absolute Gasteiger partial charge is 0.223 e. The molecule has 4 heteroatoms. The van der Waals surface area contributed by atoms with Crippen LogP contribution in [0.1, 0.15) is 24.5 Å². The first kappa shape index (κ1) is 14.5. The predicted molar refractivity (Wildman–Crippen MR) is 70.7 cm³/mol. The minimum atomic E-state index is -0.519. The Kier molecular flexibility index (Phi) is 5.65. The van der Waals surface area contributed by atoms with Gasteiger partial charge in [-0.05, 0) is 32.4 Å². The van der Waals surface area contributed by atoms with Crippen LogP contribution in [0.25, 0.3) is 0 Å². The fourth-order valence-electron chi connectivity index (χ4n) is 1.56. The number of hydrogen-bond donors (Lipinski definition) is 2. The average Bonchev–Trinajstić information content (AvgIpc) is 2.29. The second-order valence-corrected chi connectivity index (χ2v) is 4.52. The number of aliphatic hydroxyl groups is 1. The van der Waals surface area contributed by atoms with E-state index in [1.165, 1.54) is 5.56 Å². The highest BCUT2D eigenvalue weighted by Crippen LogP contribution is 2.18. The van der Waals surface area contributed by atoms with Gasteiger partial charge in [0.1, 0.15) is 5.75 Å². The van der Waals surface area contributed by atoms with Gasteiger partial charge in [-0.2, -0.15) is 0 Å². The first-order valence-electron chi connectivity index (χ1n) is 6.14. The Hall–Kier alpha value is -1.55. The molecule has 0 fully saturated rings. The number of carbonyl (C=O) groups excluding carboxylic acids is 1. The zero-order valence-corrected chi connectivity index (χ0v) is 11.2. The van der Waals surface area contributed by atoms with Crippen LogP contribution in [-0.2, 0) is 4.79 Å². The number of nitrogens with one attached hydrogen (secondary N) is 1. The van der Waals surface area contributed by atoms with Crippen LogP contribution >= 0.6 is 0 Å². The number of aliphatic hydroxyl groups excluding tert-OH is 1. The number of aryl methyl sites for hydroxylation is 2. The van der Waals surface area contributed by atoms with Crippen molar-refractivity contribution >= 4 is 5.91 Å².